The third-order valence-electron chi connectivity index (χ3n) is 4.06. The van der Waals surface area contributed by atoms with Gasteiger partial charge in [-0.15, -0.1) is 0 Å². The molecule has 1 aromatic rings. The van der Waals surface area contributed by atoms with E-state index >= 15 is 0 Å². The summed E-state index contributed by atoms with van der Waals surface area (Å²) in [4.78, 5) is 16.4. The lowest BCUT2D eigenvalue weighted by atomic mass is 10.3. The van der Waals surface area contributed by atoms with Crippen LogP contribution in [0, 0.1) is 0 Å². The fraction of sp³-hybridized carbons (Fsp3) is 0.588. The number of sulfone groups is 1. The maximum Gasteiger partial charge on any atom is 0.234 e. The highest BCUT2D eigenvalue weighted by molar-refractivity contribution is 7.91. The van der Waals surface area contributed by atoms with Gasteiger partial charge in [0, 0.05) is 38.8 Å². The van der Waals surface area contributed by atoms with Crippen molar-refractivity contribution >= 4 is 15.7 Å². The number of nitrogens with zero attached hydrogens (tertiary/aromatic N) is 2. The second-order valence-electron chi connectivity index (χ2n) is 6.47. The molecule has 0 bridgehead atoms. The summed E-state index contributed by atoms with van der Waals surface area (Å²) in [5, 5.41) is 2.89. The molecule has 0 aliphatic carbocycles. The second-order valence-corrected chi connectivity index (χ2v) is 8.58. The van der Waals surface area contributed by atoms with Crippen molar-refractivity contribution in [1.29, 1.82) is 0 Å². The van der Waals surface area contributed by atoms with Gasteiger partial charge in [-0.1, -0.05) is 18.2 Å². The molecule has 1 amide bonds. The Morgan fingerprint density at radius 3 is 2.25 bits per heavy atom. The van der Waals surface area contributed by atoms with Crippen LogP contribution in [0.25, 0.3) is 0 Å². The highest BCUT2D eigenvalue weighted by atomic mass is 32.2. The van der Waals surface area contributed by atoms with Crippen molar-refractivity contribution in [2.24, 2.45) is 0 Å². The topological polar surface area (TPSA) is 69.7 Å². The van der Waals surface area contributed by atoms with Gasteiger partial charge in [-0.25, -0.2) is 8.42 Å². The molecule has 1 heterocycles. The molecule has 0 atom stereocenters. The van der Waals surface area contributed by atoms with Crippen molar-refractivity contribution in [2.45, 2.75) is 24.8 Å². The fourth-order valence-electron chi connectivity index (χ4n) is 2.74. The van der Waals surface area contributed by atoms with Gasteiger partial charge in [0.25, 0.3) is 0 Å². The van der Waals surface area contributed by atoms with E-state index in [0.29, 0.717) is 18.0 Å². The normalized spacial score (nSPS) is 17.1. The Kier molecular flexibility index (Phi) is 6.77. The lowest BCUT2D eigenvalue weighted by Gasteiger charge is -2.34. The Labute approximate surface area is 144 Å². The quantitative estimate of drug-likeness (QED) is 0.777. The number of amides is 1. The highest BCUT2D eigenvalue weighted by Gasteiger charge is 2.21. The average Bonchev–Trinajstić information content (AvgIpc) is 2.54. The highest BCUT2D eigenvalue weighted by Crippen LogP contribution is 2.11. The van der Waals surface area contributed by atoms with Gasteiger partial charge >= 0.3 is 0 Å². The fourth-order valence-corrected chi connectivity index (χ4v) is 4.04. The van der Waals surface area contributed by atoms with Crippen LogP contribution in [0.4, 0.5) is 0 Å². The lowest BCUT2D eigenvalue weighted by molar-refractivity contribution is -0.123. The molecule has 0 unspecified atom stereocenters. The third kappa shape index (κ3) is 5.89. The van der Waals surface area contributed by atoms with E-state index in [1.807, 2.05) is 19.9 Å². The summed E-state index contributed by atoms with van der Waals surface area (Å²) in [6.45, 7) is 8.00. The molecule has 1 fully saturated rings. The number of hydrogen-bond acceptors (Lipinski definition) is 5. The van der Waals surface area contributed by atoms with Gasteiger partial charge in [-0.3, -0.25) is 14.6 Å². The zero-order chi connectivity index (χ0) is 17.6. The van der Waals surface area contributed by atoms with Crippen LogP contribution in [0.15, 0.2) is 35.2 Å². The maximum absolute atomic E-state index is 12.3. The van der Waals surface area contributed by atoms with E-state index in [1.165, 1.54) is 0 Å². The largest absolute Gasteiger partial charge is 0.353 e. The van der Waals surface area contributed by atoms with Gasteiger partial charge in [-0.2, -0.15) is 0 Å². The smallest absolute Gasteiger partial charge is 0.234 e. The third-order valence-corrected chi connectivity index (χ3v) is 5.77. The van der Waals surface area contributed by atoms with E-state index in [-0.39, 0.29) is 17.7 Å². The Balaban J connectivity index is 1.74. The Morgan fingerprint density at radius 2 is 1.67 bits per heavy atom. The summed E-state index contributed by atoms with van der Waals surface area (Å²) >= 11 is 0. The van der Waals surface area contributed by atoms with Crippen LogP contribution in [0.5, 0.6) is 0 Å². The van der Waals surface area contributed by atoms with E-state index in [1.54, 1.807) is 24.3 Å². The molecule has 1 aliphatic heterocycles. The first-order chi connectivity index (χ1) is 11.4. The van der Waals surface area contributed by atoms with Gasteiger partial charge < -0.3 is 5.32 Å². The summed E-state index contributed by atoms with van der Waals surface area (Å²) in [6, 6.07) is 8.73. The van der Waals surface area contributed by atoms with Crippen molar-refractivity contribution in [3.05, 3.63) is 30.3 Å². The van der Waals surface area contributed by atoms with Crippen LogP contribution in [0.2, 0.25) is 0 Å². The van der Waals surface area contributed by atoms with E-state index in [2.05, 4.69) is 15.1 Å². The summed E-state index contributed by atoms with van der Waals surface area (Å²) in [6.07, 6.45) is 0. The molecule has 1 aliphatic rings. The predicted octanol–water partition coefficient (Wildman–Crippen LogP) is 0.603. The number of nitrogens with one attached hydrogen (secondary N) is 1. The number of benzene rings is 1. The van der Waals surface area contributed by atoms with E-state index in [9.17, 15) is 13.2 Å². The van der Waals surface area contributed by atoms with Crippen LogP contribution in [0.1, 0.15) is 13.8 Å². The molecule has 1 saturated heterocycles. The lowest BCUT2D eigenvalue weighted by Crippen LogP contribution is -2.50. The summed E-state index contributed by atoms with van der Waals surface area (Å²) in [7, 11) is -3.23. The van der Waals surface area contributed by atoms with Crippen molar-refractivity contribution in [1.82, 2.24) is 15.1 Å². The summed E-state index contributed by atoms with van der Waals surface area (Å²) in [5.41, 5.74) is 0. The van der Waals surface area contributed by atoms with E-state index in [0.717, 1.165) is 26.2 Å². The summed E-state index contributed by atoms with van der Waals surface area (Å²) < 4.78 is 24.6. The maximum atomic E-state index is 12.3. The monoisotopic (exact) mass is 353 g/mol. The number of rotatable bonds is 7. The molecular weight excluding hydrogens is 326 g/mol. The minimum Gasteiger partial charge on any atom is -0.353 e. The molecule has 1 N–H and O–H groups in total. The Morgan fingerprint density at radius 1 is 1.08 bits per heavy atom. The van der Waals surface area contributed by atoms with Gasteiger partial charge in [0.15, 0.2) is 9.84 Å². The molecule has 6 nitrogen and oxygen atoms in total. The molecule has 0 aromatic heterocycles. The molecular formula is C17H27N3O3S. The average molecular weight is 353 g/mol. The predicted molar refractivity (Wildman–Crippen MR) is 94.7 cm³/mol. The SMILES string of the molecule is CC(C)NC(=O)CN1CCN(CCS(=O)(=O)c2ccccc2)CC1. The van der Waals surface area contributed by atoms with E-state index in [4.69, 9.17) is 0 Å². The zero-order valence-electron chi connectivity index (χ0n) is 14.4. The number of carbonyl (C=O) groups excluding carboxylic acids is 1. The van der Waals surface area contributed by atoms with Crippen LogP contribution in [0.3, 0.4) is 0 Å². The zero-order valence-corrected chi connectivity index (χ0v) is 15.3. The number of hydrogen-bond donors (Lipinski definition) is 1. The first-order valence-corrected chi connectivity index (χ1v) is 10.0. The van der Waals surface area contributed by atoms with Crippen LogP contribution in [-0.4, -0.2) is 75.2 Å². The standard InChI is InChI=1S/C17H27N3O3S/c1-15(2)18-17(21)14-20-10-8-19(9-11-20)12-13-24(22,23)16-6-4-3-5-7-16/h3-7,15H,8-14H2,1-2H3,(H,18,21). The van der Waals surface area contributed by atoms with Crippen molar-refractivity contribution in [3.8, 4) is 0 Å². The molecule has 1 aromatic carbocycles. The van der Waals surface area contributed by atoms with Crippen LogP contribution in [-0.2, 0) is 14.6 Å². The Hall–Kier alpha value is -1.44. The van der Waals surface area contributed by atoms with Crippen LogP contribution < -0.4 is 5.32 Å². The molecule has 2 rings (SSSR count). The summed E-state index contributed by atoms with van der Waals surface area (Å²) in [5.74, 6) is 0.176. The molecule has 0 radical (unpaired) electrons. The molecule has 0 spiro atoms. The van der Waals surface area contributed by atoms with Crippen LogP contribution >= 0.6 is 0 Å². The first-order valence-electron chi connectivity index (χ1n) is 8.39. The van der Waals surface area contributed by atoms with Crippen molar-refractivity contribution in [2.75, 3.05) is 45.0 Å². The molecule has 0 saturated carbocycles. The second kappa shape index (κ2) is 8.60. The minimum atomic E-state index is -3.23. The number of carbonyl (C=O) groups is 1. The van der Waals surface area contributed by atoms with Gasteiger partial charge in [0.1, 0.15) is 0 Å². The first kappa shape index (κ1) is 18.9. The van der Waals surface area contributed by atoms with Gasteiger partial charge in [0.05, 0.1) is 17.2 Å². The van der Waals surface area contributed by atoms with Crippen molar-refractivity contribution in [3.63, 3.8) is 0 Å². The van der Waals surface area contributed by atoms with E-state index < -0.39 is 9.84 Å². The minimum absolute atomic E-state index is 0.0464. The Bertz CT molecular complexity index is 624. The van der Waals surface area contributed by atoms with Gasteiger partial charge in [0.2, 0.25) is 5.91 Å². The van der Waals surface area contributed by atoms with Crippen molar-refractivity contribution < 1.29 is 13.2 Å². The molecule has 24 heavy (non-hydrogen) atoms. The number of piperazine rings is 1. The molecule has 7 heteroatoms. The van der Waals surface area contributed by atoms with Gasteiger partial charge in [-0.05, 0) is 26.0 Å². The molecule has 134 valence electrons.